The van der Waals surface area contributed by atoms with Gasteiger partial charge in [-0.25, -0.2) is 0 Å². The van der Waals surface area contributed by atoms with Gasteiger partial charge in [-0.2, -0.15) is 0 Å². The Kier molecular flexibility index (Phi) is 3.04. The van der Waals surface area contributed by atoms with Crippen LogP contribution in [-0.2, 0) is 0 Å². The lowest BCUT2D eigenvalue weighted by molar-refractivity contribution is 0.103. The average Bonchev–Trinajstić information content (AvgIpc) is 2.38. The fourth-order valence-electron chi connectivity index (χ4n) is 1.72. The van der Waals surface area contributed by atoms with Gasteiger partial charge in [-0.1, -0.05) is 0 Å². The van der Waals surface area contributed by atoms with Crippen molar-refractivity contribution in [2.75, 3.05) is 0 Å². The molecule has 0 saturated carbocycles. The zero-order valence-corrected chi connectivity index (χ0v) is 10.1. The molecule has 2 aromatic rings. The van der Waals surface area contributed by atoms with E-state index in [0.29, 0.717) is 0 Å². The van der Waals surface area contributed by atoms with Crippen molar-refractivity contribution >= 4 is 5.78 Å². The molecule has 0 amide bonds. The van der Waals surface area contributed by atoms with Gasteiger partial charge in [-0.05, 0) is 37.3 Å². The molecule has 0 aliphatic rings. The highest BCUT2D eigenvalue weighted by Crippen LogP contribution is 2.33. The van der Waals surface area contributed by atoms with Crippen LogP contribution in [0, 0.1) is 6.92 Å². The molecule has 5 heteroatoms. The van der Waals surface area contributed by atoms with Crippen molar-refractivity contribution in [1.82, 2.24) is 0 Å². The van der Waals surface area contributed by atoms with Crippen molar-refractivity contribution in [1.29, 1.82) is 0 Å². The Bertz CT molecular complexity index is 661. The lowest BCUT2D eigenvalue weighted by Crippen LogP contribution is -2.03. The number of carbonyl (C=O) groups excluding carboxylic acids is 1. The van der Waals surface area contributed by atoms with Gasteiger partial charge in [-0.15, -0.1) is 0 Å². The van der Waals surface area contributed by atoms with Gasteiger partial charge < -0.3 is 20.4 Å². The SMILES string of the molecule is Cc1c(O)ccc(C(=O)c2cc(O)ccc2O)c1O. The van der Waals surface area contributed by atoms with Crippen LogP contribution in [0.4, 0.5) is 0 Å². The number of ketones is 1. The first-order valence-corrected chi connectivity index (χ1v) is 5.50. The van der Waals surface area contributed by atoms with E-state index >= 15 is 0 Å². The quantitative estimate of drug-likeness (QED) is 0.489. The predicted molar refractivity (Wildman–Crippen MR) is 67.7 cm³/mol. The molecular weight excluding hydrogens is 248 g/mol. The summed E-state index contributed by atoms with van der Waals surface area (Å²) in [5.74, 6) is -1.60. The summed E-state index contributed by atoms with van der Waals surface area (Å²) < 4.78 is 0. The van der Waals surface area contributed by atoms with Crippen molar-refractivity contribution in [2.45, 2.75) is 6.92 Å². The molecule has 0 aromatic heterocycles. The molecule has 0 saturated heterocycles. The zero-order chi connectivity index (χ0) is 14.2. The maximum absolute atomic E-state index is 12.2. The average molecular weight is 260 g/mol. The standard InChI is InChI=1S/C14H12O5/c1-7-11(16)5-3-9(13(7)18)14(19)10-6-8(15)2-4-12(10)17/h2-6,15-18H,1H3. The Hall–Kier alpha value is -2.69. The van der Waals surface area contributed by atoms with E-state index in [9.17, 15) is 25.2 Å². The molecule has 2 rings (SSSR count). The number of aromatic hydroxyl groups is 4. The van der Waals surface area contributed by atoms with Crippen LogP contribution in [0.3, 0.4) is 0 Å². The molecule has 0 aliphatic heterocycles. The molecule has 0 heterocycles. The Labute approximate surface area is 109 Å². The van der Waals surface area contributed by atoms with Crippen LogP contribution in [0.15, 0.2) is 30.3 Å². The maximum Gasteiger partial charge on any atom is 0.200 e. The van der Waals surface area contributed by atoms with Gasteiger partial charge in [0, 0.05) is 5.56 Å². The van der Waals surface area contributed by atoms with Gasteiger partial charge in [0.05, 0.1) is 11.1 Å². The molecule has 0 unspecified atom stereocenters. The summed E-state index contributed by atoms with van der Waals surface area (Å²) in [6, 6.07) is 6.08. The first-order valence-electron chi connectivity index (χ1n) is 5.50. The van der Waals surface area contributed by atoms with Crippen molar-refractivity contribution in [3.63, 3.8) is 0 Å². The van der Waals surface area contributed by atoms with Gasteiger partial charge in [0.1, 0.15) is 23.0 Å². The Morgan fingerprint density at radius 3 is 2.21 bits per heavy atom. The van der Waals surface area contributed by atoms with Crippen LogP contribution in [-0.4, -0.2) is 26.2 Å². The molecule has 0 fully saturated rings. The number of hydrogen-bond donors (Lipinski definition) is 4. The summed E-state index contributed by atoms with van der Waals surface area (Å²) >= 11 is 0. The van der Waals surface area contributed by atoms with E-state index in [1.807, 2.05) is 0 Å². The molecule has 0 aliphatic carbocycles. The number of phenols is 4. The summed E-state index contributed by atoms with van der Waals surface area (Å²) in [5, 5.41) is 38.2. The van der Waals surface area contributed by atoms with Gasteiger partial charge >= 0.3 is 0 Å². The molecule has 0 bridgehead atoms. The fraction of sp³-hybridized carbons (Fsp3) is 0.0714. The van der Waals surface area contributed by atoms with E-state index in [4.69, 9.17) is 0 Å². The highest BCUT2D eigenvalue weighted by molar-refractivity contribution is 6.12. The van der Waals surface area contributed by atoms with E-state index in [0.717, 1.165) is 6.07 Å². The maximum atomic E-state index is 12.2. The van der Waals surface area contributed by atoms with Crippen LogP contribution in [0.1, 0.15) is 21.5 Å². The van der Waals surface area contributed by atoms with Gasteiger partial charge in [-0.3, -0.25) is 4.79 Å². The summed E-state index contributed by atoms with van der Waals surface area (Å²) in [4.78, 5) is 12.2. The van der Waals surface area contributed by atoms with Crippen molar-refractivity contribution in [3.05, 3.63) is 47.0 Å². The van der Waals surface area contributed by atoms with Crippen LogP contribution in [0.5, 0.6) is 23.0 Å². The molecule has 0 spiro atoms. The molecule has 19 heavy (non-hydrogen) atoms. The predicted octanol–water partition coefficient (Wildman–Crippen LogP) is 2.05. The number of rotatable bonds is 2. The Morgan fingerprint density at radius 2 is 1.53 bits per heavy atom. The summed E-state index contributed by atoms with van der Waals surface area (Å²) in [6.45, 7) is 1.46. The second kappa shape index (κ2) is 4.53. The highest BCUT2D eigenvalue weighted by Gasteiger charge is 2.19. The number of benzene rings is 2. The summed E-state index contributed by atoms with van der Waals surface area (Å²) in [6.07, 6.45) is 0. The van der Waals surface area contributed by atoms with E-state index in [-0.39, 0.29) is 39.7 Å². The van der Waals surface area contributed by atoms with Crippen LogP contribution >= 0.6 is 0 Å². The van der Waals surface area contributed by atoms with Crippen LogP contribution in [0.25, 0.3) is 0 Å². The molecule has 4 N–H and O–H groups in total. The number of hydrogen-bond acceptors (Lipinski definition) is 5. The number of phenolic OH excluding ortho intramolecular Hbond substituents is 4. The molecule has 2 aromatic carbocycles. The molecular formula is C14H12O5. The highest BCUT2D eigenvalue weighted by atomic mass is 16.3. The molecule has 5 nitrogen and oxygen atoms in total. The Morgan fingerprint density at radius 1 is 0.895 bits per heavy atom. The third-order valence-corrected chi connectivity index (χ3v) is 2.87. The van der Waals surface area contributed by atoms with Gasteiger partial charge in [0.15, 0.2) is 0 Å². The fourth-order valence-corrected chi connectivity index (χ4v) is 1.72. The van der Waals surface area contributed by atoms with E-state index < -0.39 is 5.78 Å². The van der Waals surface area contributed by atoms with Crippen molar-refractivity contribution < 1.29 is 25.2 Å². The van der Waals surface area contributed by atoms with Crippen LogP contribution < -0.4 is 0 Å². The summed E-state index contributed by atoms with van der Waals surface area (Å²) in [7, 11) is 0. The smallest absolute Gasteiger partial charge is 0.200 e. The topological polar surface area (TPSA) is 98.0 Å². The van der Waals surface area contributed by atoms with Crippen molar-refractivity contribution in [2.24, 2.45) is 0 Å². The molecule has 0 radical (unpaired) electrons. The zero-order valence-electron chi connectivity index (χ0n) is 10.1. The van der Waals surface area contributed by atoms with Crippen molar-refractivity contribution in [3.8, 4) is 23.0 Å². The Balaban J connectivity index is 2.56. The van der Waals surface area contributed by atoms with E-state index in [1.165, 1.54) is 31.2 Å². The lowest BCUT2D eigenvalue weighted by atomic mass is 9.99. The van der Waals surface area contributed by atoms with Crippen LogP contribution in [0.2, 0.25) is 0 Å². The molecule has 0 atom stereocenters. The minimum absolute atomic E-state index is 0.0591. The minimum Gasteiger partial charge on any atom is -0.508 e. The monoisotopic (exact) mass is 260 g/mol. The second-order valence-electron chi connectivity index (χ2n) is 4.14. The van der Waals surface area contributed by atoms with E-state index in [1.54, 1.807) is 0 Å². The normalized spacial score (nSPS) is 10.4. The summed E-state index contributed by atoms with van der Waals surface area (Å²) in [5.41, 5.74) is -0.0120. The third kappa shape index (κ3) is 2.18. The van der Waals surface area contributed by atoms with Gasteiger partial charge in [0.25, 0.3) is 0 Å². The van der Waals surface area contributed by atoms with E-state index in [2.05, 4.69) is 0 Å². The number of carbonyl (C=O) groups is 1. The lowest BCUT2D eigenvalue weighted by Gasteiger charge is -2.09. The molecule has 98 valence electrons. The second-order valence-corrected chi connectivity index (χ2v) is 4.14. The minimum atomic E-state index is -0.644. The largest absolute Gasteiger partial charge is 0.508 e. The third-order valence-electron chi connectivity index (χ3n) is 2.87. The first kappa shape index (κ1) is 12.8. The first-order chi connectivity index (χ1) is 8.91. The van der Waals surface area contributed by atoms with Gasteiger partial charge in [0.2, 0.25) is 5.78 Å².